The molecule has 0 bridgehead atoms. The third kappa shape index (κ3) is 2.17. The largest absolute Gasteiger partial charge is 0.384 e. The summed E-state index contributed by atoms with van der Waals surface area (Å²) in [5.41, 5.74) is 6.40. The number of rotatable bonds is 3. The van der Waals surface area contributed by atoms with Gasteiger partial charge in [0.25, 0.3) is 0 Å². The molecule has 5 heteroatoms. The van der Waals surface area contributed by atoms with Crippen LogP contribution in [0.2, 0.25) is 5.02 Å². The lowest BCUT2D eigenvalue weighted by Crippen LogP contribution is -2.06. The standard InChI is InChI=1S/C11H13ClN4/c1-2-11-14-5-6-16(11)7-9-8(12)3-4-10(13)15-9/h3-6H,2,7H2,1H3,(H2,13,15). The van der Waals surface area contributed by atoms with E-state index in [1.165, 1.54) is 0 Å². The summed E-state index contributed by atoms with van der Waals surface area (Å²) in [4.78, 5) is 8.46. The van der Waals surface area contributed by atoms with E-state index < -0.39 is 0 Å². The molecule has 0 amide bonds. The number of pyridine rings is 1. The van der Waals surface area contributed by atoms with Crippen LogP contribution >= 0.6 is 11.6 Å². The van der Waals surface area contributed by atoms with Crippen molar-refractivity contribution in [2.45, 2.75) is 19.9 Å². The monoisotopic (exact) mass is 236 g/mol. The van der Waals surface area contributed by atoms with Gasteiger partial charge in [0, 0.05) is 18.8 Å². The molecular formula is C11H13ClN4. The van der Waals surface area contributed by atoms with Gasteiger partial charge in [-0.05, 0) is 12.1 Å². The van der Waals surface area contributed by atoms with Crippen LogP contribution in [0.1, 0.15) is 18.4 Å². The van der Waals surface area contributed by atoms with Crippen molar-refractivity contribution in [2.75, 3.05) is 5.73 Å². The average molecular weight is 237 g/mol. The van der Waals surface area contributed by atoms with Gasteiger partial charge in [0.15, 0.2) is 0 Å². The fourth-order valence-electron chi connectivity index (χ4n) is 1.57. The number of imidazole rings is 1. The number of nitrogen functional groups attached to an aromatic ring is 1. The van der Waals surface area contributed by atoms with E-state index in [0.717, 1.165) is 17.9 Å². The third-order valence-corrected chi connectivity index (χ3v) is 2.72. The van der Waals surface area contributed by atoms with E-state index in [2.05, 4.69) is 16.9 Å². The predicted octanol–water partition coefficient (Wildman–Crippen LogP) is 2.12. The summed E-state index contributed by atoms with van der Waals surface area (Å²) in [7, 11) is 0. The Morgan fingerprint density at radius 2 is 2.25 bits per heavy atom. The van der Waals surface area contributed by atoms with Crippen molar-refractivity contribution in [3.63, 3.8) is 0 Å². The first-order valence-corrected chi connectivity index (χ1v) is 5.49. The molecule has 2 heterocycles. The van der Waals surface area contributed by atoms with E-state index in [1.807, 2.05) is 10.8 Å². The second-order valence-electron chi connectivity index (χ2n) is 3.49. The van der Waals surface area contributed by atoms with Gasteiger partial charge in [-0.15, -0.1) is 0 Å². The quantitative estimate of drug-likeness (QED) is 0.888. The summed E-state index contributed by atoms with van der Waals surface area (Å²) >= 11 is 6.06. The smallest absolute Gasteiger partial charge is 0.123 e. The highest BCUT2D eigenvalue weighted by atomic mass is 35.5. The van der Waals surface area contributed by atoms with Gasteiger partial charge in [0.1, 0.15) is 11.6 Å². The molecule has 4 nitrogen and oxygen atoms in total. The zero-order valence-electron chi connectivity index (χ0n) is 9.02. The van der Waals surface area contributed by atoms with Crippen molar-refractivity contribution < 1.29 is 0 Å². The van der Waals surface area contributed by atoms with Gasteiger partial charge in [-0.1, -0.05) is 18.5 Å². The minimum Gasteiger partial charge on any atom is -0.384 e. The number of aromatic nitrogens is 3. The van der Waals surface area contributed by atoms with Crippen LogP contribution in [0, 0.1) is 0 Å². The van der Waals surface area contributed by atoms with Crippen molar-refractivity contribution in [2.24, 2.45) is 0 Å². The van der Waals surface area contributed by atoms with E-state index in [4.69, 9.17) is 17.3 Å². The molecule has 2 aromatic rings. The second-order valence-corrected chi connectivity index (χ2v) is 3.90. The number of anilines is 1. The number of nitrogens with zero attached hydrogens (tertiary/aromatic N) is 3. The van der Waals surface area contributed by atoms with E-state index in [-0.39, 0.29) is 0 Å². The lowest BCUT2D eigenvalue weighted by molar-refractivity contribution is 0.717. The fourth-order valence-corrected chi connectivity index (χ4v) is 1.74. The van der Waals surface area contributed by atoms with E-state index in [1.54, 1.807) is 18.3 Å². The summed E-state index contributed by atoms with van der Waals surface area (Å²) in [5, 5.41) is 0.630. The molecule has 84 valence electrons. The van der Waals surface area contributed by atoms with Crippen LogP contribution in [0.25, 0.3) is 0 Å². The Kier molecular flexibility index (Phi) is 3.10. The van der Waals surface area contributed by atoms with Crippen molar-refractivity contribution in [1.29, 1.82) is 0 Å². The third-order valence-electron chi connectivity index (χ3n) is 2.38. The van der Waals surface area contributed by atoms with Crippen LogP contribution < -0.4 is 5.73 Å². The molecule has 2 aromatic heterocycles. The molecular weight excluding hydrogens is 224 g/mol. The van der Waals surface area contributed by atoms with E-state index in [0.29, 0.717) is 17.4 Å². The lowest BCUT2D eigenvalue weighted by atomic mass is 10.3. The van der Waals surface area contributed by atoms with Gasteiger partial charge in [-0.2, -0.15) is 0 Å². The Balaban J connectivity index is 2.30. The SMILES string of the molecule is CCc1nccn1Cc1nc(N)ccc1Cl. The number of nitrogens with two attached hydrogens (primary N) is 1. The highest BCUT2D eigenvalue weighted by molar-refractivity contribution is 6.31. The summed E-state index contributed by atoms with van der Waals surface area (Å²) in [6.45, 7) is 2.67. The van der Waals surface area contributed by atoms with Crippen LogP contribution in [0.4, 0.5) is 5.82 Å². The molecule has 0 unspecified atom stereocenters. The molecule has 0 saturated carbocycles. The maximum atomic E-state index is 6.06. The van der Waals surface area contributed by atoms with Gasteiger partial charge in [-0.3, -0.25) is 0 Å². The molecule has 2 N–H and O–H groups in total. The first kappa shape index (κ1) is 11.0. The molecule has 2 rings (SSSR count). The minimum absolute atomic E-state index is 0.484. The highest BCUT2D eigenvalue weighted by Gasteiger charge is 2.06. The Hall–Kier alpha value is -1.55. The molecule has 0 aliphatic rings. The maximum absolute atomic E-state index is 6.06. The molecule has 0 radical (unpaired) electrons. The second kappa shape index (κ2) is 4.53. The van der Waals surface area contributed by atoms with Gasteiger partial charge < -0.3 is 10.3 Å². The molecule has 0 spiro atoms. The van der Waals surface area contributed by atoms with Crippen LogP contribution in [0.5, 0.6) is 0 Å². The van der Waals surface area contributed by atoms with Gasteiger partial charge in [0.2, 0.25) is 0 Å². The zero-order valence-corrected chi connectivity index (χ0v) is 9.78. The van der Waals surface area contributed by atoms with Crippen LogP contribution in [0.15, 0.2) is 24.5 Å². The fraction of sp³-hybridized carbons (Fsp3) is 0.273. The Morgan fingerprint density at radius 3 is 3.00 bits per heavy atom. The summed E-state index contributed by atoms with van der Waals surface area (Å²) in [6.07, 6.45) is 4.58. The molecule has 0 saturated heterocycles. The maximum Gasteiger partial charge on any atom is 0.123 e. The number of aryl methyl sites for hydroxylation is 1. The first-order chi connectivity index (χ1) is 7.70. The lowest BCUT2D eigenvalue weighted by Gasteiger charge is -2.08. The van der Waals surface area contributed by atoms with Crippen molar-refractivity contribution >= 4 is 17.4 Å². The van der Waals surface area contributed by atoms with Crippen molar-refractivity contribution in [1.82, 2.24) is 14.5 Å². The summed E-state index contributed by atoms with van der Waals surface area (Å²) < 4.78 is 2.02. The van der Waals surface area contributed by atoms with Crippen LogP contribution in [-0.2, 0) is 13.0 Å². The summed E-state index contributed by atoms with van der Waals surface area (Å²) in [6, 6.07) is 3.46. The molecule has 0 atom stereocenters. The van der Waals surface area contributed by atoms with Crippen molar-refractivity contribution in [3.05, 3.63) is 41.1 Å². The molecule has 0 aliphatic heterocycles. The Bertz CT molecular complexity index is 492. The van der Waals surface area contributed by atoms with E-state index in [9.17, 15) is 0 Å². The summed E-state index contributed by atoms with van der Waals surface area (Å²) in [5.74, 6) is 1.50. The van der Waals surface area contributed by atoms with E-state index >= 15 is 0 Å². The Morgan fingerprint density at radius 1 is 1.44 bits per heavy atom. The van der Waals surface area contributed by atoms with Gasteiger partial charge in [-0.25, -0.2) is 9.97 Å². The normalized spacial score (nSPS) is 10.6. The number of halogens is 1. The molecule has 0 aromatic carbocycles. The predicted molar refractivity (Wildman–Crippen MR) is 64.4 cm³/mol. The first-order valence-electron chi connectivity index (χ1n) is 5.11. The highest BCUT2D eigenvalue weighted by Crippen LogP contribution is 2.17. The topological polar surface area (TPSA) is 56.7 Å². The Labute approximate surface area is 99.1 Å². The number of hydrogen-bond donors (Lipinski definition) is 1. The average Bonchev–Trinajstić information content (AvgIpc) is 2.71. The molecule has 0 fully saturated rings. The molecule has 16 heavy (non-hydrogen) atoms. The van der Waals surface area contributed by atoms with Gasteiger partial charge in [0.05, 0.1) is 17.3 Å². The van der Waals surface area contributed by atoms with Gasteiger partial charge >= 0.3 is 0 Å². The van der Waals surface area contributed by atoms with Crippen molar-refractivity contribution in [3.8, 4) is 0 Å². The van der Waals surface area contributed by atoms with Crippen LogP contribution in [-0.4, -0.2) is 14.5 Å². The minimum atomic E-state index is 0.484. The molecule has 0 aliphatic carbocycles. The zero-order chi connectivity index (χ0) is 11.5. The van der Waals surface area contributed by atoms with Crippen LogP contribution in [0.3, 0.4) is 0 Å². The number of hydrogen-bond acceptors (Lipinski definition) is 3.